The maximum atomic E-state index is 14.5. The fourth-order valence-electron chi connectivity index (χ4n) is 3.07. The molecule has 4 rings (SSSR count). The zero-order valence-electron chi connectivity index (χ0n) is 16.9. The van der Waals surface area contributed by atoms with Crippen molar-refractivity contribution in [1.29, 1.82) is 0 Å². The minimum absolute atomic E-state index is 0.109. The second kappa shape index (κ2) is 5.10. The Balaban J connectivity index is 1.94. The standard InChI is InChI=1S/C18H18FN5O/c1-9-17(24(4)23-22-9)10-5-15-16(20-8-10)11-6-13(19)12(18(2,3)25)7-14(11)21-15/h5-8,21,25H,1-4H3/i1D3. The monoisotopic (exact) mass is 342 g/mol. The Morgan fingerprint density at radius 3 is 2.80 bits per heavy atom. The van der Waals surface area contributed by atoms with Crippen LogP contribution in [0.15, 0.2) is 24.4 Å². The number of aliphatic hydroxyl groups is 1. The van der Waals surface area contributed by atoms with Crippen molar-refractivity contribution in [1.82, 2.24) is 25.0 Å². The molecule has 0 unspecified atom stereocenters. The molecular formula is C18H18FN5O. The lowest BCUT2D eigenvalue weighted by atomic mass is 9.96. The predicted octanol–water partition coefficient (Wildman–Crippen LogP) is 3.19. The summed E-state index contributed by atoms with van der Waals surface area (Å²) in [5.74, 6) is -0.521. The highest BCUT2D eigenvalue weighted by atomic mass is 19.1. The summed E-state index contributed by atoms with van der Waals surface area (Å²) in [4.78, 5) is 7.58. The molecule has 7 heteroatoms. The van der Waals surface area contributed by atoms with Gasteiger partial charge in [-0.1, -0.05) is 5.21 Å². The minimum atomic E-state index is -2.41. The van der Waals surface area contributed by atoms with Crippen LogP contribution in [0.2, 0.25) is 0 Å². The number of hydrogen-bond acceptors (Lipinski definition) is 4. The second-order valence-electron chi connectivity index (χ2n) is 6.59. The van der Waals surface area contributed by atoms with Gasteiger partial charge in [-0.05, 0) is 38.9 Å². The Bertz CT molecular complexity index is 1220. The molecule has 0 spiro atoms. The Kier molecular flexibility index (Phi) is 2.56. The molecule has 0 aliphatic carbocycles. The van der Waals surface area contributed by atoms with Crippen molar-refractivity contribution in [2.75, 3.05) is 0 Å². The minimum Gasteiger partial charge on any atom is -0.386 e. The van der Waals surface area contributed by atoms with Gasteiger partial charge < -0.3 is 10.1 Å². The van der Waals surface area contributed by atoms with Crippen LogP contribution in [-0.2, 0) is 12.6 Å². The van der Waals surface area contributed by atoms with E-state index in [4.69, 9.17) is 4.11 Å². The smallest absolute Gasteiger partial charge is 0.130 e. The third kappa shape index (κ3) is 2.39. The molecule has 0 saturated carbocycles. The molecule has 0 saturated heterocycles. The first-order valence-corrected chi connectivity index (χ1v) is 7.71. The number of rotatable bonds is 2. The summed E-state index contributed by atoms with van der Waals surface area (Å²) in [6.07, 6.45) is 1.52. The third-order valence-corrected chi connectivity index (χ3v) is 4.28. The first-order chi connectivity index (χ1) is 13.0. The number of aryl methyl sites for hydroxylation is 2. The van der Waals surface area contributed by atoms with E-state index in [1.54, 1.807) is 19.2 Å². The van der Waals surface area contributed by atoms with E-state index in [1.807, 2.05) is 0 Å². The molecule has 0 fully saturated rings. The lowest BCUT2D eigenvalue weighted by Crippen LogP contribution is -2.17. The van der Waals surface area contributed by atoms with Crippen molar-refractivity contribution in [3.63, 3.8) is 0 Å². The van der Waals surface area contributed by atoms with Crippen LogP contribution in [0.4, 0.5) is 4.39 Å². The van der Waals surface area contributed by atoms with E-state index in [0.29, 0.717) is 33.2 Å². The number of pyridine rings is 1. The van der Waals surface area contributed by atoms with E-state index in [-0.39, 0.29) is 11.3 Å². The average molecular weight is 342 g/mol. The maximum Gasteiger partial charge on any atom is 0.130 e. The zero-order chi connectivity index (χ0) is 20.4. The Morgan fingerprint density at radius 2 is 2.08 bits per heavy atom. The van der Waals surface area contributed by atoms with Crippen LogP contribution in [0.25, 0.3) is 33.2 Å². The van der Waals surface area contributed by atoms with Gasteiger partial charge in [0.25, 0.3) is 0 Å². The SMILES string of the molecule is [2H]C([2H])([2H])c1nnn(C)c1-c1cnc2c(c1)[nH]c1cc(C(C)(C)O)c(F)cc12. The number of nitrogens with one attached hydrogen (secondary N) is 1. The highest BCUT2D eigenvalue weighted by molar-refractivity contribution is 6.05. The number of nitrogens with zero attached hydrogens (tertiary/aromatic N) is 4. The summed E-state index contributed by atoms with van der Waals surface area (Å²) in [6, 6.07) is 4.64. The number of aromatic amines is 1. The summed E-state index contributed by atoms with van der Waals surface area (Å²) >= 11 is 0. The molecule has 3 aromatic heterocycles. The molecule has 0 aliphatic heterocycles. The van der Waals surface area contributed by atoms with Crippen LogP contribution in [0, 0.1) is 12.7 Å². The van der Waals surface area contributed by atoms with Crippen molar-refractivity contribution in [3.05, 3.63) is 41.5 Å². The number of halogens is 1. The molecule has 1 aromatic carbocycles. The van der Waals surface area contributed by atoms with E-state index in [9.17, 15) is 9.50 Å². The molecule has 2 N–H and O–H groups in total. The third-order valence-electron chi connectivity index (χ3n) is 4.28. The maximum absolute atomic E-state index is 14.5. The number of hydrogen-bond donors (Lipinski definition) is 2. The lowest BCUT2D eigenvalue weighted by Gasteiger charge is -2.18. The Labute approximate surface area is 147 Å². The van der Waals surface area contributed by atoms with Gasteiger partial charge in [0.1, 0.15) is 5.82 Å². The first-order valence-electron chi connectivity index (χ1n) is 9.21. The van der Waals surface area contributed by atoms with E-state index < -0.39 is 18.3 Å². The molecule has 25 heavy (non-hydrogen) atoms. The van der Waals surface area contributed by atoms with E-state index >= 15 is 0 Å². The summed E-state index contributed by atoms with van der Waals surface area (Å²) in [7, 11) is 1.61. The van der Waals surface area contributed by atoms with Crippen molar-refractivity contribution in [2.45, 2.75) is 26.3 Å². The summed E-state index contributed by atoms with van der Waals surface area (Å²) in [5, 5.41) is 18.3. The molecule has 4 aromatic rings. The van der Waals surface area contributed by atoms with Gasteiger partial charge in [-0.2, -0.15) is 0 Å². The molecule has 0 radical (unpaired) electrons. The Hall–Kier alpha value is -2.80. The molecule has 6 nitrogen and oxygen atoms in total. The fourth-order valence-corrected chi connectivity index (χ4v) is 3.07. The molecule has 0 atom stereocenters. The molecule has 0 amide bonds. The van der Waals surface area contributed by atoms with Gasteiger partial charge >= 0.3 is 0 Å². The molecule has 0 aliphatic rings. The number of benzene rings is 1. The molecule has 3 heterocycles. The normalized spacial score (nSPS) is 14.7. The highest BCUT2D eigenvalue weighted by Gasteiger charge is 2.22. The van der Waals surface area contributed by atoms with Gasteiger partial charge in [0.2, 0.25) is 0 Å². The predicted molar refractivity (Wildman–Crippen MR) is 93.5 cm³/mol. The zero-order valence-corrected chi connectivity index (χ0v) is 13.9. The molecule has 128 valence electrons. The summed E-state index contributed by atoms with van der Waals surface area (Å²) in [5.41, 5.74) is 1.39. The molecule has 0 bridgehead atoms. The van der Waals surface area contributed by atoms with Crippen LogP contribution >= 0.6 is 0 Å². The topological polar surface area (TPSA) is 79.6 Å². The van der Waals surface area contributed by atoms with Gasteiger partial charge in [0.15, 0.2) is 0 Å². The second-order valence-corrected chi connectivity index (χ2v) is 6.59. The van der Waals surface area contributed by atoms with Gasteiger partial charge in [-0.3, -0.25) is 4.98 Å². The number of fused-ring (bicyclic) bond motifs is 3. The summed E-state index contributed by atoms with van der Waals surface area (Å²) < 4.78 is 38.8. The number of aromatic nitrogens is 5. The lowest BCUT2D eigenvalue weighted by molar-refractivity contribution is 0.0747. The van der Waals surface area contributed by atoms with Gasteiger partial charge in [0.05, 0.1) is 28.0 Å². The van der Waals surface area contributed by atoms with Crippen LogP contribution < -0.4 is 0 Å². The van der Waals surface area contributed by atoms with Crippen LogP contribution in [0.3, 0.4) is 0 Å². The van der Waals surface area contributed by atoms with Crippen molar-refractivity contribution < 1.29 is 13.6 Å². The quantitative estimate of drug-likeness (QED) is 0.586. The van der Waals surface area contributed by atoms with Crippen molar-refractivity contribution in [2.24, 2.45) is 7.05 Å². The van der Waals surface area contributed by atoms with E-state index in [1.165, 1.54) is 30.8 Å². The summed E-state index contributed by atoms with van der Waals surface area (Å²) in [6.45, 7) is 0.619. The van der Waals surface area contributed by atoms with Gasteiger partial charge in [-0.15, -0.1) is 5.10 Å². The average Bonchev–Trinajstić information content (AvgIpc) is 3.12. The van der Waals surface area contributed by atoms with Crippen molar-refractivity contribution >= 4 is 21.9 Å². The van der Waals surface area contributed by atoms with Gasteiger partial charge in [0, 0.05) is 39.4 Å². The van der Waals surface area contributed by atoms with Crippen LogP contribution in [-0.4, -0.2) is 30.1 Å². The molecular weight excluding hydrogens is 321 g/mol. The van der Waals surface area contributed by atoms with Crippen molar-refractivity contribution in [3.8, 4) is 11.3 Å². The Morgan fingerprint density at radius 1 is 1.28 bits per heavy atom. The highest BCUT2D eigenvalue weighted by Crippen LogP contribution is 2.32. The largest absolute Gasteiger partial charge is 0.386 e. The first kappa shape index (κ1) is 12.5. The van der Waals surface area contributed by atoms with Crippen LogP contribution in [0.5, 0.6) is 0 Å². The van der Waals surface area contributed by atoms with Crippen LogP contribution in [0.1, 0.15) is 29.2 Å². The van der Waals surface area contributed by atoms with E-state index in [2.05, 4.69) is 20.3 Å². The fraction of sp³-hybridized carbons (Fsp3) is 0.278. The van der Waals surface area contributed by atoms with Gasteiger partial charge in [-0.25, -0.2) is 9.07 Å². The van der Waals surface area contributed by atoms with E-state index in [0.717, 1.165) is 0 Å². The number of H-pyrrole nitrogens is 1.